The normalized spacial score (nSPS) is 9.18. The molecule has 0 saturated carbocycles. The van der Waals surface area contributed by atoms with Gasteiger partial charge >= 0.3 is 0 Å². The van der Waals surface area contributed by atoms with Crippen LogP contribution in [0.5, 0.6) is 0 Å². The van der Waals surface area contributed by atoms with Crippen LogP contribution in [0, 0.1) is 11.3 Å². The van der Waals surface area contributed by atoms with Crippen molar-refractivity contribution in [1.29, 1.82) is 5.26 Å². The molecule has 0 aromatic carbocycles. The zero-order chi connectivity index (χ0) is 8.27. The number of nitrogens with zero attached hydrogens (tertiary/aromatic N) is 2. The second-order valence-corrected chi connectivity index (χ2v) is 2.77. The van der Waals surface area contributed by atoms with Crippen molar-refractivity contribution in [1.82, 2.24) is 4.98 Å². The molecular formula is C7H4BrFN2. The predicted molar refractivity (Wildman–Crippen MR) is 41.5 cm³/mol. The molecule has 0 aliphatic carbocycles. The summed E-state index contributed by atoms with van der Waals surface area (Å²) in [5.74, 6) is 0. The van der Waals surface area contributed by atoms with Crippen LogP contribution in [0.25, 0.3) is 0 Å². The van der Waals surface area contributed by atoms with Crippen LogP contribution in [-0.2, 0) is 6.67 Å². The highest BCUT2D eigenvalue weighted by Crippen LogP contribution is 2.15. The lowest BCUT2D eigenvalue weighted by atomic mass is 10.3. The van der Waals surface area contributed by atoms with Crippen molar-refractivity contribution >= 4 is 15.9 Å². The summed E-state index contributed by atoms with van der Waals surface area (Å²) in [4.78, 5) is 3.72. The summed E-state index contributed by atoms with van der Waals surface area (Å²) in [5, 5.41) is 8.45. The van der Waals surface area contributed by atoms with E-state index in [2.05, 4.69) is 20.9 Å². The fourth-order valence-electron chi connectivity index (χ4n) is 0.633. The molecule has 4 heteroatoms. The Kier molecular flexibility index (Phi) is 2.55. The Hall–Kier alpha value is -0.950. The number of halogens is 2. The Labute approximate surface area is 71.8 Å². The molecule has 0 unspecified atom stereocenters. The molecule has 2 nitrogen and oxygen atoms in total. The van der Waals surface area contributed by atoms with Crippen LogP contribution in [0.4, 0.5) is 4.39 Å². The number of alkyl halides is 1. The molecule has 1 rings (SSSR count). The average Bonchev–Trinajstić information content (AvgIpc) is 2.04. The minimum absolute atomic E-state index is 0.280. The Morgan fingerprint density at radius 3 is 2.91 bits per heavy atom. The van der Waals surface area contributed by atoms with E-state index in [1.807, 2.05) is 6.07 Å². The molecular weight excluding hydrogens is 211 g/mol. The first-order valence-electron chi connectivity index (χ1n) is 2.88. The molecule has 0 amide bonds. The smallest absolute Gasteiger partial charge is 0.154 e. The van der Waals surface area contributed by atoms with Gasteiger partial charge in [-0.05, 0) is 22.0 Å². The molecule has 56 valence electrons. The van der Waals surface area contributed by atoms with Gasteiger partial charge in [-0.3, -0.25) is 0 Å². The SMILES string of the molecule is N#Cc1ncc(CF)cc1Br. The van der Waals surface area contributed by atoms with Gasteiger partial charge < -0.3 is 0 Å². The van der Waals surface area contributed by atoms with Gasteiger partial charge in [-0.25, -0.2) is 9.37 Å². The number of pyridine rings is 1. The molecule has 0 spiro atoms. The van der Waals surface area contributed by atoms with Crippen LogP contribution >= 0.6 is 15.9 Å². The largest absolute Gasteiger partial charge is 0.246 e. The van der Waals surface area contributed by atoms with E-state index >= 15 is 0 Å². The van der Waals surface area contributed by atoms with Crippen molar-refractivity contribution < 1.29 is 4.39 Å². The molecule has 0 saturated heterocycles. The molecule has 0 radical (unpaired) electrons. The number of aromatic nitrogens is 1. The molecule has 0 fully saturated rings. The zero-order valence-electron chi connectivity index (χ0n) is 5.51. The van der Waals surface area contributed by atoms with Crippen LogP contribution in [0.3, 0.4) is 0 Å². The second-order valence-electron chi connectivity index (χ2n) is 1.92. The maximum Gasteiger partial charge on any atom is 0.154 e. The molecule has 0 N–H and O–H groups in total. The lowest BCUT2D eigenvalue weighted by molar-refractivity contribution is 0.484. The summed E-state index contributed by atoms with van der Waals surface area (Å²) in [6.45, 7) is -0.558. The lowest BCUT2D eigenvalue weighted by Crippen LogP contribution is -1.87. The van der Waals surface area contributed by atoms with Crippen molar-refractivity contribution in [2.24, 2.45) is 0 Å². The van der Waals surface area contributed by atoms with Gasteiger partial charge in [-0.15, -0.1) is 0 Å². The average molecular weight is 215 g/mol. The second kappa shape index (κ2) is 3.44. The van der Waals surface area contributed by atoms with Crippen molar-refractivity contribution in [2.45, 2.75) is 6.67 Å². The molecule has 0 atom stereocenters. The Bertz CT molecular complexity index is 306. The monoisotopic (exact) mass is 214 g/mol. The summed E-state index contributed by atoms with van der Waals surface area (Å²) in [5.41, 5.74) is 0.748. The van der Waals surface area contributed by atoms with Gasteiger partial charge in [0.1, 0.15) is 12.7 Å². The van der Waals surface area contributed by atoms with E-state index in [0.29, 0.717) is 10.0 Å². The van der Waals surface area contributed by atoms with Gasteiger partial charge in [0, 0.05) is 11.8 Å². The fourth-order valence-corrected chi connectivity index (χ4v) is 1.12. The zero-order valence-corrected chi connectivity index (χ0v) is 7.10. The number of hydrogen-bond donors (Lipinski definition) is 0. The summed E-state index contributed by atoms with van der Waals surface area (Å²) < 4.78 is 12.5. The van der Waals surface area contributed by atoms with Crippen molar-refractivity contribution in [3.8, 4) is 6.07 Å². The number of nitriles is 1. The highest BCUT2D eigenvalue weighted by atomic mass is 79.9. The van der Waals surface area contributed by atoms with Crippen molar-refractivity contribution in [2.75, 3.05) is 0 Å². The van der Waals surface area contributed by atoms with E-state index in [9.17, 15) is 4.39 Å². The molecule has 1 heterocycles. The van der Waals surface area contributed by atoms with E-state index in [1.165, 1.54) is 6.20 Å². The van der Waals surface area contributed by atoms with E-state index in [-0.39, 0.29) is 5.69 Å². The first-order valence-corrected chi connectivity index (χ1v) is 3.67. The van der Waals surface area contributed by atoms with E-state index in [1.54, 1.807) is 6.07 Å². The number of rotatable bonds is 1. The molecule has 1 aromatic heterocycles. The maximum absolute atomic E-state index is 12.0. The third-order valence-electron chi connectivity index (χ3n) is 1.16. The highest BCUT2D eigenvalue weighted by Gasteiger charge is 2.00. The van der Waals surface area contributed by atoms with Crippen LogP contribution < -0.4 is 0 Å². The molecule has 0 aliphatic rings. The first-order chi connectivity index (χ1) is 5.27. The van der Waals surface area contributed by atoms with Crippen LogP contribution in [0.15, 0.2) is 16.7 Å². The van der Waals surface area contributed by atoms with E-state index < -0.39 is 6.67 Å². The quantitative estimate of drug-likeness (QED) is 0.719. The Balaban J connectivity index is 3.12. The minimum Gasteiger partial charge on any atom is -0.246 e. The van der Waals surface area contributed by atoms with Gasteiger partial charge in [0.2, 0.25) is 0 Å². The van der Waals surface area contributed by atoms with Gasteiger partial charge in [-0.1, -0.05) is 0 Å². The standard InChI is InChI=1S/C7H4BrFN2/c8-6-1-5(2-9)4-11-7(6)3-10/h1,4H,2H2. The predicted octanol–water partition coefficient (Wildman–Crippen LogP) is 2.19. The Morgan fingerprint density at radius 2 is 2.45 bits per heavy atom. The van der Waals surface area contributed by atoms with Crippen LogP contribution in [-0.4, -0.2) is 4.98 Å². The van der Waals surface area contributed by atoms with Crippen molar-refractivity contribution in [3.63, 3.8) is 0 Å². The Morgan fingerprint density at radius 1 is 1.73 bits per heavy atom. The summed E-state index contributed by atoms with van der Waals surface area (Å²) in [6.07, 6.45) is 1.35. The third-order valence-corrected chi connectivity index (χ3v) is 1.76. The minimum atomic E-state index is -0.558. The molecule has 0 bridgehead atoms. The van der Waals surface area contributed by atoms with E-state index in [0.717, 1.165) is 0 Å². The highest BCUT2D eigenvalue weighted by molar-refractivity contribution is 9.10. The summed E-state index contributed by atoms with van der Waals surface area (Å²) in [6, 6.07) is 3.41. The van der Waals surface area contributed by atoms with Crippen LogP contribution in [0.1, 0.15) is 11.3 Å². The van der Waals surface area contributed by atoms with Crippen LogP contribution in [0.2, 0.25) is 0 Å². The summed E-state index contributed by atoms with van der Waals surface area (Å²) in [7, 11) is 0. The van der Waals surface area contributed by atoms with Gasteiger partial charge in [0.25, 0.3) is 0 Å². The topological polar surface area (TPSA) is 36.7 Å². The lowest BCUT2D eigenvalue weighted by Gasteiger charge is -1.95. The number of hydrogen-bond acceptors (Lipinski definition) is 2. The van der Waals surface area contributed by atoms with Gasteiger partial charge in [0.15, 0.2) is 5.69 Å². The van der Waals surface area contributed by atoms with Gasteiger partial charge in [0.05, 0.1) is 4.47 Å². The molecule has 1 aromatic rings. The first kappa shape index (κ1) is 8.15. The van der Waals surface area contributed by atoms with E-state index in [4.69, 9.17) is 5.26 Å². The van der Waals surface area contributed by atoms with Crippen molar-refractivity contribution in [3.05, 3.63) is 28.0 Å². The fraction of sp³-hybridized carbons (Fsp3) is 0.143. The molecule has 0 aliphatic heterocycles. The third kappa shape index (κ3) is 1.75. The maximum atomic E-state index is 12.0. The molecule has 11 heavy (non-hydrogen) atoms. The summed E-state index contributed by atoms with van der Waals surface area (Å²) >= 11 is 3.10. The van der Waals surface area contributed by atoms with Gasteiger partial charge in [-0.2, -0.15) is 5.26 Å².